The molecular weight excluding hydrogens is 354 g/mol. The number of aromatic nitrogens is 1. The van der Waals surface area contributed by atoms with E-state index in [1.54, 1.807) is 13.1 Å². The Hall–Kier alpha value is -3.08. The number of aryl methyl sites for hydroxylation is 1. The van der Waals surface area contributed by atoms with Crippen molar-refractivity contribution in [2.24, 2.45) is 0 Å². The fourth-order valence-corrected chi connectivity index (χ4v) is 3.11. The highest BCUT2D eigenvalue weighted by Crippen LogP contribution is 2.29. The zero-order valence-corrected chi connectivity index (χ0v) is 16.7. The number of nitrogens with zero attached hydrogens (tertiary/aromatic N) is 1. The van der Waals surface area contributed by atoms with E-state index in [4.69, 9.17) is 13.6 Å². The van der Waals surface area contributed by atoms with E-state index in [-0.39, 0.29) is 11.4 Å². The van der Waals surface area contributed by atoms with Gasteiger partial charge in [-0.05, 0) is 32.3 Å². The van der Waals surface area contributed by atoms with Crippen LogP contribution in [0, 0.1) is 6.92 Å². The monoisotopic (exact) mass is 379 g/mol. The van der Waals surface area contributed by atoms with Gasteiger partial charge in [0.2, 0.25) is 0 Å². The highest BCUT2D eigenvalue weighted by molar-refractivity contribution is 5.56. The zero-order chi connectivity index (χ0) is 20.1. The molecule has 3 aromatic rings. The molecule has 28 heavy (non-hydrogen) atoms. The highest BCUT2D eigenvalue weighted by Gasteiger charge is 2.20. The summed E-state index contributed by atoms with van der Waals surface area (Å²) in [4.78, 5) is 16.9. The molecule has 1 aromatic carbocycles. The molecule has 5 nitrogen and oxygen atoms in total. The van der Waals surface area contributed by atoms with E-state index in [1.165, 1.54) is 18.2 Å². The number of hydrogen-bond acceptors (Lipinski definition) is 5. The lowest BCUT2D eigenvalue weighted by molar-refractivity contribution is 0.293. The fourth-order valence-electron chi connectivity index (χ4n) is 3.11. The van der Waals surface area contributed by atoms with Gasteiger partial charge in [0.1, 0.15) is 0 Å². The Balaban J connectivity index is 1.80. The molecule has 0 aliphatic heterocycles. The van der Waals surface area contributed by atoms with Gasteiger partial charge < -0.3 is 13.6 Å². The highest BCUT2D eigenvalue weighted by atomic mass is 16.6. The quantitative estimate of drug-likeness (QED) is 0.564. The number of hydrogen-bond donors (Lipinski definition) is 0. The molecule has 146 valence electrons. The van der Waals surface area contributed by atoms with E-state index in [9.17, 15) is 4.79 Å². The number of oxazole rings is 1. The zero-order valence-electron chi connectivity index (χ0n) is 16.7. The van der Waals surface area contributed by atoms with Crippen molar-refractivity contribution in [3.05, 3.63) is 74.9 Å². The molecule has 3 rings (SSSR count). The van der Waals surface area contributed by atoms with Crippen molar-refractivity contribution in [2.75, 3.05) is 7.11 Å². The molecule has 0 spiro atoms. The summed E-state index contributed by atoms with van der Waals surface area (Å²) in [7, 11) is 1.48. The van der Waals surface area contributed by atoms with Gasteiger partial charge in [-0.1, -0.05) is 48.9 Å². The van der Waals surface area contributed by atoms with Gasteiger partial charge in [-0.25, -0.2) is 4.98 Å². The van der Waals surface area contributed by atoms with Crippen LogP contribution in [0.1, 0.15) is 42.8 Å². The number of methoxy groups -OCH3 is 1. The maximum atomic E-state index is 12.6. The summed E-state index contributed by atoms with van der Waals surface area (Å²) in [5.41, 5.74) is 3.36. The first-order chi connectivity index (χ1) is 13.5. The van der Waals surface area contributed by atoms with Crippen molar-refractivity contribution < 1.29 is 13.6 Å². The largest absolute Gasteiger partial charge is 0.468 e. The second-order valence-electron chi connectivity index (χ2n) is 6.73. The van der Waals surface area contributed by atoms with Crippen LogP contribution in [-0.2, 0) is 12.8 Å². The molecule has 0 aliphatic rings. The predicted octanol–water partition coefficient (Wildman–Crippen LogP) is 5.21. The average Bonchev–Trinajstić information content (AvgIpc) is 3.18. The first-order valence-corrected chi connectivity index (χ1v) is 9.41. The molecule has 0 fully saturated rings. The minimum absolute atomic E-state index is 0.0832. The van der Waals surface area contributed by atoms with Crippen molar-refractivity contribution in [1.29, 1.82) is 0 Å². The summed E-state index contributed by atoms with van der Waals surface area (Å²) in [6.45, 7) is 5.70. The van der Waals surface area contributed by atoms with Gasteiger partial charge >= 0.3 is 0 Å². The van der Waals surface area contributed by atoms with Crippen LogP contribution in [0.2, 0.25) is 0 Å². The topological polar surface area (TPSA) is 65.5 Å². The van der Waals surface area contributed by atoms with Crippen LogP contribution < -0.4 is 10.2 Å². The Morgan fingerprint density at radius 1 is 1.21 bits per heavy atom. The van der Waals surface area contributed by atoms with Crippen LogP contribution in [0.25, 0.3) is 17.6 Å². The first kappa shape index (κ1) is 19.7. The van der Waals surface area contributed by atoms with Crippen molar-refractivity contribution >= 4 is 6.08 Å². The molecule has 2 heterocycles. The van der Waals surface area contributed by atoms with Crippen LogP contribution >= 0.6 is 0 Å². The van der Waals surface area contributed by atoms with Crippen LogP contribution in [0.5, 0.6) is 5.95 Å². The summed E-state index contributed by atoms with van der Waals surface area (Å²) in [6, 6.07) is 10.2. The van der Waals surface area contributed by atoms with Crippen molar-refractivity contribution in [1.82, 2.24) is 4.98 Å². The molecule has 0 N–H and O–H groups in total. The lowest BCUT2D eigenvalue weighted by Crippen LogP contribution is -2.14. The van der Waals surface area contributed by atoms with E-state index >= 15 is 0 Å². The first-order valence-electron chi connectivity index (χ1n) is 9.41. The number of ether oxygens (including phenoxy) is 1. The van der Waals surface area contributed by atoms with Gasteiger partial charge in [0.15, 0.2) is 22.8 Å². The summed E-state index contributed by atoms with van der Waals surface area (Å²) in [5, 5.41) is 0. The molecule has 0 atom stereocenters. The van der Waals surface area contributed by atoms with Gasteiger partial charge in [-0.2, -0.15) is 0 Å². The lowest BCUT2D eigenvalue weighted by atomic mass is 10.1. The van der Waals surface area contributed by atoms with Crippen molar-refractivity contribution in [3.63, 3.8) is 0 Å². The van der Waals surface area contributed by atoms with Gasteiger partial charge in [0, 0.05) is 12.0 Å². The minimum atomic E-state index is -0.0832. The third-order valence-electron chi connectivity index (χ3n) is 4.65. The molecular formula is C23H25NO4. The Morgan fingerprint density at radius 3 is 2.64 bits per heavy atom. The molecule has 0 saturated carbocycles. The maximum Gasteiger partial charge on any atom is 0.291 e. The summed E-state index contributed by atoms with van der Waals surface area (Å²) in [6.07, 6.45) is 5.80. The maximum absolute atomic E-state index is 12.6. The van der Waals surface area contributed by atoms with E-state index < -0.39 is 0 Å². The number of allylic oxidation sites excluding steroid dienone is 1. The third kappa shape index (κ3) is 4.25. The van der Waals surface area contributed by atoms with Crippen LogP contribution in [0.4, 0.5) is 0 Å². The Kier molecular flexibility index (Phi) is 6.14. The van der Waals surface area contributed by atoms with E-state index in [1.807, 2.05) is 25.1 Å². The molecule has 0 amide bonds. The fraction of sp³-hybridized carbons (Fsp3) is 0.304. The van der Waals surface area contributed by atoms with Crippen molar-refractivity contribution in [3.8, 4) is 17.5 Å². The van der Waals surface area contributed by atoms with Crippen LogP contribution in [0.15, 0.2) is 55.7 Å². The Bertz CT molecular complexity index is 1030. The predicted molar refractivity (Wildman–Crippen MR) is 110 cm³/mol. The van der Waals surface area contributed by atoms with E-state index in [0.29, 0.717) is 41.4 Å². The molecule has 5 heteroatoms. The molecule has 0 aliphatic carbocycles. The number of rotatable bonds is 7. The molecule has 0 radical (unpaired) electrons. The SMILES string of the molecule is CCc1c(-c2cnc(CC/C(C)=C/c3ccccc3)o2)oc(OC)c(C)c1=O. The smallest absolute Gasteiger partial charge is 0.291 e. The van der Waals surface area contributed by atoms with Crippen LogP contribution in [0.3, 0.4) is 0 Å². The van der Waals surface area contributed by atoms with Crippen LogP contribution in [-0.4, -0.2) is 12.1 Å². The second-order valence-corrected chi connectivity index (χ2v) is 6.73. The van der Waals surface area contributed by atoms with E-state index in [2.05, 4.69) is 30.1 Å². The molecule has 2 aromatic heterocycles. The third-order valence-corrected chi connectivity index (χ3v) is 4.65. The summed E-state index contributed by atoms with van der Waals surface area (Å²) in [5.74, 6) is 1.66. The van der Waals surface area contributed by atoms with Gasteiger partial charge in [0.25, 0.3) is 5.95 Å². The standard InChI is InChI=1S/C23H25NO4/c1-5-18-21(25)16(3)23(26-4)28-22(18)19-14-24-20(27-19)12-11-15(2)13-17-9-7-6-8-10-17/h6-10,13-14H,5,11-12H2,1-4H3/b15-13+. The summed E-state index contributed by atoms with van der Waals surface area (Å²) >= 11 is 0. The van der Waals surface area contributed by atoms with Gasteiger partial charge in [-0.15, -0.1) is 0 Å². The number of benzene rings is 1. The lowest BCUT2D eigenvalue weighted by Gasteiger charge is -2.08. The van der Waals surface area contributed by atoms with Gasteiger partial charge in [0.05, 0.1) is 18.9 Å². The Labute approximate surface area is 164 Å². The van der Waals surface area contributed by atoms with E-state index in [0.717, 1.165) is 6.42 Å². The second kappa shape index (κ2) is 8.74. The van der Waals surface area contributed by atoms with Crippen molar-refractivity contribution in [2.45, 2.75) is 40.0 Å². The Morgan fingerprint density at radius 2 is 1.96 bits per heavy atom. The minimum Gasteiger partial charge on any atom is -0.468 e. The molecule has 0 saturated heterocycles. The average molecular weight is 379 g/mol. The molecule has 0 bridgehead atoms. The van der Waals surface area contributed by atoms with Gasteiger partial charge in [-0.3, -0.25) is 4.79 Å². The molecule has 0 unspecified atom stereocenters. The summed E-state index contributed by atoms with van der Waals surface area (Å²) < 4.78 is 16.9. The normalized spacial score (nSPS) is 11.6.